The van der Waals surface area contributed by atoms with E-state index in [-0.39, 0.29) is 19.1 Å². The first-order chi connectivity index (χ1) is 20.3. The van der Waals surface area contributed by atoms with Crippen LogP contribution in [0.2, 0.25) is 0 Å². The topological polar surface area (TPSA) is 97.4 Å². The van der Waals surface area contributed by atoms with Gasteiger partial charge in [0, 0.05) is 12.0 Å². The molecule has 0 saturated carbocycles. The predicted octanol–water partition coefficient (Wildman–Crippen LogP) is 6.21. The van der Waals surface area contributed by atoms with E-state index in [1.807, 2.05) is 30.3 Å². The normalized spacial score (nSPS) is 13.7. The van der Waals surface area contributed by atoms with E-state index in [9.17, 15) is 18.8 Å². The molecule has 0 radical (unpaired) electrons. The van der Waals surface area contributed by atoms with Crippen molar-refractivity contribution in [1.29, 1.82) is 0 Å². The second kappa shape index (κ2) is 14.3. The molecule has 0 amide bonds. The first kappa shape index (κ1) is 30.3. The Bertz CT molecular complexity index is 1430. The second-order valence-corrected chi connectivity index (χ2v) is 9.69. The molecule has 2 atom stereocenters. The fourth-order valence-electron chi connectivity index (χ4n) is 4.51. The Balaban J connectivity index is 1.29. The van der Waals surface area contributed by atoms with Crippen LogP contribution in [-0.4, -0.2) is 50.5 Å². The van der Waals surface area contributed by atoms with Crippen LogP contribution in [-0.2, 0) is 19.1 Å². The summed E-state index contributed by atoms with van der Waals surface area (Å²) < 4.78 is 39.6. The van der Waals surface area contributed by atoms with E-state index >= 15 is 0 Å². The monoisotopic (exact) mass is 576 g/mol. The summed E-state index contributed by atoms with van der Waals surface area (Å²) in [4.78, 5) is 35.2. The zero-order chi connectivity index (χ0) is 30.1. The molecule has 3 aromatic carbocycles. The molecule has 0 heterocycles. The number of fused-ring (bicyclic) bond motifs is 3. The number of carbonyl (C=O) groups excluding carboxylic acids is 3. The molecule has 1 aliphatic carbocycles. The van der Waals surface area contributed by atoms with E-state index in [4.69, 9.17) is 23.7 Å². The van der Waals surface area contributed by atoms with Crippen LogP contribution >= 0.6 is 0 Å². The highest BCUT2D eigenvalue weighted by molar-refractivity contribution is 5.93. The molecular weight excluding hydrogens is 543 g/mol. The Hall–Kier alpha value is -4.66. The maximum Gasteiger partial charge on any atom is 0.343 e. The van der Waals surface area contributed by atoms with E-state index < -0.39 is 24.1 Å². The van der Waals surface area contributed by atoms with Crippen molar-refractivity contribution in [2.75, 3.05) is 26.4 Å². The Kier molecular flexibility index (Phi) is 10.3. The van der Waals surface area contributed by atoms with Gasteiger partial charge in [-0.15, -0.1) is 0 Å². The van der Waals surface area contributed by atoms with Gasteiger partial charge in [-0.05, 0) is 90.6 Å². The molecule has 3 aromatic rings. The number of unbranched alkanes of at least 4 members (excludes halogenated alkanes) is 1. The van der Waals surface area contributed by atoms with Crippen LogP contribution in [0.1, 0.15) is 54.1 Å². The summed E-state index contributed by atoms with van der Waals surface area (Å²) in [6.07, 6.45) is 0.855. The SMILES string of the molecule is C=CC(=O)OCCCCOc1ccc(OC(=O)c2ccc3c(c2)C(C)c2cc(OCCOC(=O)C(C)F)ccc2-3)cc1. The van der Waals surface area contributed by atoms with Crippen LogP contribution in [0.25, 0.3) is 11.1 Å². The molecule has 0 N–H and O–H groups in total. The van der Waals surface area contributed by atoms with Crippen LogP contribution in [0.3, 0.4) is 0 Å². The van der Waals surface area contributed by atoms with Gasteiger partial charge in [-0.25, -0.2) is 18.8 Å². The van der Waals surface area contributed by atoms with Crippen molar-refractivity contribution in [1.82, 2.24) is 0 Å². The first-order valence-electron chi connectivity index (χ1n) is 13.7. The molecule has 2 unspecified atom stereocenters. The van der Waals surface area contributed by atoms with Crippen LogP contribution in [0, 0.1) is 0 Å². The van der Waals surface area contributed by atoms with Crippen molar-refractivity contribution in [2.45, 2.75) is 38.8 Å². The predicted molar refractivity (Wildman–Crippen MR) is 154 cm³/mol. The van der Waals surface area contributed by atoms with Gasteiger partial charge in [0.25, 0.3) is 0 Å². The third-order valence-electron chi connectivity index (χ3n) is 6.71. The van der Waals surface area contributed by atoms with Gasteiger partial charge >= 0.3 is 17.9 Å². The number of carbonyl (C=O) groups is 3. The Morgan fingerprint density at radius 1 is 0.810 bits per heavy atom. The van der Waals surface area contributed by atoms with Crippen LogP contribution in [0.15, 0.2) is 73.3 Å². The van der Waals surface area contributed by atoms with Crippen molar-refractivity contribution in [3.8, 4) is 28.4 Å². The maximum atomic E-state index is 12.9. The molecule has 4 rings (SSSR count). The fraction of sp³-hybridized carbons (Fsp3) is 0.303. The maximum absolute atomic E-state index is 12.9. The van der Waals surface area contributed by atoms with Gasteiger partial charge in [0.05, 0.1) is 18.8 Å². The molecule has 0 spiro atoms. The van der Waals surface area contributed by atoms with Gasteiger partial charge in [0.1, 0.15) is 30.5 Å². The molecule has 0 aliphatic heterocycles. The lowest BCUT2D eigenvalue weighted by atomic mass is 9.98. The fourth-order valence-corrected chi connectivity index (χ4v) is 4.51. The van der Waals surface area contributed by atoms with E-state index in [2.05, 4.69) is 13.5 Å². The lowest BCUT2D eigenvalue weighted by Gasteiger charge is -2.11. The van der Waals surface area contributed by atoms with Gasteiger partial charge < -0.3 is 23.7 Å². The summed E-state index contributed by atoms with van der Waals surface area (Å²) >= 11 is 0. The summed E-state index contributed by atoms with van der Waals surface area (Å²) in [5.41, 5.74) is 4.58. The van der Waals surface area contributed by atoms with E-state index in [1.165, 1.54) is 0 Å². The molecule has 9 heteroatoms. The highest BCUT2D eigenvalue weighted by atomic mass is 19.1. The smallest absolute Gasteiger partial charge is 0.343 e. The lowest BCUT2D eigenvalue weighted by molar-refractivity contribution is -0.149. The summed E-state index contributed by atoms with van der Waals surface area (Å²) in [5, 5.41) is 0. The molecule has 0 saturated heterocycles. The summed E-state index contributed by atoms with van der Waals surface area (Å²) in [7, 11) is 0. The average molecular weight is 577 g/mol. The third-order valence-corrected chi connectivity index (χ3v) is 6.71. The molecule has 42 heavy (non-hydrogen) atoms. The van der Waals surface area contributed by atoms with Crippen molar-refractivity contribution in [3.63, 3.8) is 0 Å². The molecule has 1 aliphatic rings. The average Bonchev–Trinajstić information content (AvgIpc) is 3.27. The number of hydrogen-bond donors (Lipinski definition) is 0. The molecule has 0 fully saturated rings. The first-order valence-corrected chi connectivity index (χ1v) is 13.7. The van der Waals surface area contributed by atoms with Crippen molar-refractivity contribution in [3.05, 3.63) is 90.0 Å². The number of alkyl halides is 1. The zero-order valence-corrected chi connectivity index (χ0v) is 23.6. The summed E-state index contributed by atoms with van der Waals surface area (Å²) in [6, 6.07) is 18.0. The lowest BCUT2D eigenvalue weighted by Crippen LogP contribution is -2.18. The van der Waals surface area contributed by atoms with Crippen LogP contribution in [0.4, 0.5) is 4.39 Å². The summed E-state index contributed by atoms with van der Waals surface area (Å²) in [6.45, 7) is 7.37. The molecule has 0 bridgehead atoms. The highest BCUT2D eigenvalue weighted by Gasteiger charge is 2.27. The van der Waals surface area contributed by atoms with Gasteiger partial charge in [-0.3, -0.25) is 0 Å². The molecule has 8 nitrogen and oxygen atoms in total. The number of benzene rings is 3. The number of esters is 3. The van der Waals surface area contributed by atoms with Gasteiger partial charge in [-0.2, -0.15) is 0 Å². The van der Waals surface area contributed by atoms with Crippen molar-refractivity contribution in [2.24, 2.45) is 0 Å². The minimum Gasteiger partial charge on any atom is -0.494 e. The standard InChI is InChI=1S/C33H33FO8/c1-4-31(35)40-16-6-5-15-38-24-8-10-25(11-9-24)42-33(37)23-7-13-27-28-14-12-26(20-30(28)21(2)29(27)19-23)39-17-18-41-32(36)22(3)34/h4,7-14,19-22H,1,5-6,15-18H2,2-3H3. The van der Waals surface area contributed by atoms with Gasteiger partial charge in [0.15, 0.2) is 6.17 Å². The minimum absolute atomic E-state index is 0.0157. The highest BCUT2D eigenvalue weighted by Crippen LogP contribution is 2.46. The third kappa shape index (κ3) is 7.75. The van der Waals surface area contributed by atoms with Crippen molar-refractivity contribution >= 4 is 17.9 Å². The van der Waals surface area contributed by atoms with Gasteiger partial charge in [0.2, 0.25) is 0 Å². The van der Waals surface area contributed by atoms with Crippen LogP contribution in [0.5, 0.6) is 17.2 Å². The number of halogens is 1. The molecular formula is C33H33FO8. The van der Waals surface area contributed by atoms with Crippen LogP contribution < -0.4 is 14.2 Å². The van der Waals surface area contributed by atoms with E-state index in [1.54, 1.807) is 30.3 Å². The second-order valence-electron chi connectivity index (χ2n) is 9.69. The van der Waals surface area contributed by atoms with E-state index in [0.717, 1.165) is 35.3 Å². The van der Waals surface area contributed by atoms with Crippen molar-refractivity contribution < 1.29 is 42.5 Å². The number of ether oxygens (including phenoxy) is 5. The Morgan fingerprint density at radius 3 is 2.14 bits per heavy atom. The molecule has 220 valence electrons. The minimum atomic E-state index is -1.67. The number of hydrogen-bond acceptors (Lipinski definition) is 8. The quantitative estimate of drug-likeness (QED) is 0.0968. The Labute approximate surface area is 244 Å². The van der Waals surface area contributed by atoms with E-state index in [0.29, 0.717) is 48.9 Å². The zero-order valence-electron chi connectivity index (χ0n) is 23.6. The number of rotatable bonds is 14. The van der Waals surface area contributed by atoms with Gasteiger partial charge in [-0.1, -0.05) is 25.6 Å². The summed E-state index contributed by atoms with van der Waals surface area (Å²) in [5.74, 6) is -0.155. The Morgan fingerprint density at radius 2 is 1.43 bits per heavy atom. The molecule has 0 aromatic heterocycles. The largest absolute Gasteiger partial charge is 0.494 e.